The van der Waals surface area contributed by atoms with E-state index in [2.05, 4.69) is 15.6 Å². The Kier molecular flexibility index (Phi) is 7.22. The Hall–Kier alpha value is -5.18. The van der Waals surface area contributed by atoms with E-state index in [0.717, 1.165) is 16.9 Å². The van der Waals surface area contributed by atoms with Crippen molar-refractivity contribution in [2.24, 2.45) is 0 Å². The average molecular weight is 522 g/mol. The summed E-state index contributed by atoms with van der Waals surface area (Å²) in [5, 5.41) is 6.29. The number of imidazole rings is 1. The summed E-state index contributed by atoms with van der Waals surface area (Å²) >= 11 is 0. The first-order valence-electron chi connectivity index (χ1n) is 12.5. The van der Waals surface area contributed by atoms with Gasteiger partial charge in [0.1, 0.15) is 6.54 Å². The summed E-state index contributed by atoms with van der Waals surface area (Å²) in [6.07, 6.45) is 4.98. The van der Waals surface area contributed by atoms with Gasteiger partial charge in [-0.15, -0.1) is 0 Å². The standard InChI is InChI=1S/C30H27N5O4/c1-3-39-30(38)21-9-14-24-25(17-21)33-29(37)27(24)28(20-7-5-4-6-8-20)32-22-10-12-23(13-11-22)34(2)26(36)18-35-16-15-31-19-35/h4-17,19,32H,3,18H2,1-2H3,(H,33,37)/b28-27-. The molecule has 0 atom stereocenters. The summed E-state index contributed by atoms with van der Waals surface area (Å²) in [6, 6.07) is 22.0. The highest BCUT2D eigenvalue weighted by Gasteiger charge is 2.29. The molecule has 0 saturated heterocycles. The third-order valence-electron chi connectivity index (χ3n) is 6.36. The van der Waals surface area contributed by atoms with Crippen LogP contribution in [-0.2, 0) is 20.9 Å². The highest BCUT2D eigenvalue weighted by atomic mass is 16.5. The molecule has 0 fully saturated rings. The van der Waals surface area contributed by atoms with Crippen molar-refractivity contribution in [2.75, 3.05) is 29.2 Å². The predicted octanol–water partition coefficient (Wildman–Crippen LogP) is 4.66. The van der Waals surface area contributed by atoms with E-state index in [4.69, 9.17) is 4.74 Å². The topological polar surface area (TPSA) is 106 Å². The second-order valence-electron chi connectivity index (χ2n) is 8.91. The number of amides is 2. The largest absolute Gasteiger partial charge is 0.462 e. The van der Waals surface area contributed by atoms with Crippen LogP contribution in [0, 0.1) is 0 Å². The maximum Gasteiger partial charge on any atom is 0.338 e. The molecule has 0 radical (unpaired) electrons. The molecule has 2 heterocycles. The number of hydrogen-bond acceptors (Lipinski definition) is 6. The molecule has 4 aromatic rings. The quantitative estimate of drug-likeness (QED) is 0.258. The molecule has 2 amide bonds. The Morgan fingerprint density at radius 3 is 2.49 bits per heavy atom. The number of fused-ring (bicyclic) bond motifs is 1. The molecule has 0 spiro atoms. The molecular formula is C30H27N5O4. The van der Waals surface area contributed by atoms with Crippen molar-refractivity contribution in [3.8, 4) is 0 Å². The van der Waals surface area contributed by atoms with Crippen LogP contribution in [0.3, 0.4) is 0 Å². The van der Waals surface area contributed by atoms with E-state index in [9.17, 15) is 14.4 Å². The Morgan fingerprint density at radius 1 is 1.03 bits per heavy atom. The summed E-state index contributed by atoms with van der Waals surface area (Å²) in [6.45, 7) is 2.20. The van der Waals surface area contributed by atoms with Gasteiger partial charge in [0, 0.05) is 36.4 Å². The van der Waals surface area contributed by atoms with E-state index >= 15 is 0 Å². The van der Waals surface area contributed by atoms with Crippen LogP contribution in [0.25, 0.3) is 11.3 Å². The number of anilines is 3. The van der Waals surface area contributed by atoms with Crippen LogP contribution in [0.15, 0.2) is 91.5 Å². The molecule has 5 rings (SSSR count). The average Bonchev–Trinajstić information content (AvgIpc) is 3.58. The molecule has 1 aliphatic rings. The van der Waals surface area contributed by atoms with Crippen molar-refractivity contribution in [3.05, 3.63) is 108 Å². The number of likely N-dealkylation sites (N-methyl/N-ethyl adjacent to an activating group) is 1. The Morgan fingerprint density at radius 2 is 1.79 bits per heavy atom. The van der Waals surface area contributed by atoms with Crippen molar-refractivity contribution >= 4 is 46.1 Å². The van der Waals surface area contributed by atoms with Gasteiger partial charge in [-0.05, 0) is 48.9 Å². The smallest absolute Gasteiger partial charge is 0.338 e. The molecule has 39 heavy (non-hydrogen) atoms. The summed E-state index contributed by atoms with van der Waals surface area (Å²) in [4.78, 5) is 43.7. The van der Waals surface area contributed by atoms with Crippen molar-refractivity contribution < 1.29 is 19.1 Å². The minimum atomic E-state index is -0.443. The van der Waals surface area contributed by atoms with Crippen LogP contribution in [0.2, 0.25) is 0 Å². The highest BCUT2D eigenvalue weighted by Crippen LogP contribution is 2.38. The fourth-order valence-corrected chi connectivity index (χ4v) is 4.35. The minimum Gasteiger partial charge on any atom is -0.462 e. The van der Waals surface area contributed by atoms with Crippen LogP contribution >= 0.6 is 0 Å². The third-order valence-corrected chi connectivity index (χ3v) is 6.36. The maximum absolute atomic E-state index is 13.2. The Balaban J connectivity index is 1.45. The summed E-state index contributed by atoms with van der Waals surface area (Å²) in [7, 11) is 1.73. The number of esters is 1. The molecule has 0 aliphatic carbocycles. The molecular weight excluding hydrogens is 494 g/mol. The van der Waals surface area contributed by atoms with Gasteiger partial charge in [0.25, 0.3) is 5.91 Å². The number of ether oxygens (including phenoxy) is 1. The van der Waals surface area contributed by atoms with E-state index in [1.807, 2.05) is 54.6 Å². The van der Waals surface area contributed by atoms with Gasteiger partial charge in [-0.1, -0.05) is 36.4 Å². The Labute approximate surface area is 225 Å². The summed E-state index contributed by atoms with van der Waals surface area (Å²) < 4.78 is 6.82. The number of carbonyl (C=O) groups is 3. The van der Waals surface area contributed by atoms with E-state index in [-0.39, 0.29) is 25.0 Å². The molecule has 1 aromatic heterocycles. The molecule has 9 nitrogen and oxygen atoms in total. The van der Waals surface area contributed by atoms with Gasteiger partial charge in [-0.25, -0.2) is 9.78 Å². The summed E-state index contributed by atoms with van der Waals surface area (Å²) in [5.74, 6) is -0.803. The van der Waals surface area contributed by atoms with Crippen molar-refractivity contribution in [1.82, 2.24) is 9.55 Å². The highest BCUT2D eigenvalue weighted by molar-refractivity contribution is 6.37. The molecule has 0 saturated carbocycles. The van der Waals surface area contributed by atoms with Gasteiger partial charge in [-0.3, -0.25) is 9.59 Å². The number of hydrogen-bond donors (Lipinski definition) is 2. The molecule has 196 valence electrons. The number of benzene rings is 3. The number of nitrogens with one attached hydrogen (secondary N) is 2. The lowest BCUT2D eigenvalue weighted by atomic mass is 9.99. The van der Waals surface area contributed by atoms with Gasteiger partial charge in [0.05, 0.1) is 35.5 Å². The monoisotopic (exact) mass is 521 g/mol. The zero-order chi connectivity index (χ0) is 27.4. The van der Waals surface area contributed by atoms with E-state index < -0.39 is 5.97 Å². The van der Waals surface area contributed by atoms with Crippen LogP contribution < -0.4 is 15.5 Å². The molecule has 3 aromatic carbocycles. The van der Waals surface area contributed by atoms with Gasteiger partial charge in [0.2, 0.25) is 5.91 Å². The van der Waals surface area contributed by atoms with Gasteiger partial charge >= 0.3 is 5.97 Å². The maximum atomic E-state index is 13.2. The van der Waals surface area contributed by atoms with Crippen LogP contribution in [0.5, 0.6) is 0 Å². The van der Waals surface area contributed by atoms with E-state index in [0.29, 0.717) is 28.1 Å². The SMILES string of the molecule is CCOC(=O)c1ccc2c(c1)NC(=O)/C2=C(\Nc1ccc(N(C)C(=O)Cn2ccnc2)cc1)c1ccccc1. The fourth-order valence-electron chi connectivity index (χ4n) is 4.35. The zero-order valence-corrected chi connectivity index (χ0v) is 21.5. The first kappa shape index (κ1) is 25.5. The number of rotatable bonds is 8. The minimum absolute atomic E-state index is 0.0813. The second-order valence-corrected chi connectivity index (χ2v) is 8.91. The molecule has 1 aliphatic heterocycles. The van der Waals surface area contributed by atoms with Crippen molar-refractivity contribution in [3.63, 3.8) is 0 Å². The van der Waals surface area contributed by atoms with Gasteiger partial charge < -0.3 is 24.8 Å². The lowest BCUT2D eigenvalue weighted by molar-refractivity contribution is -0.118. The normalized spacial score (nSPS) is 13.3. The Bertz CT molecular complexity index is 1540. The first-order chi connectivity index (χ1) is 18.9. The zero-order valence-electron chi connectivity index (χ0n) is 21.5. The molecule has 9 heteroatoms. The number of carbonyl (C=O) groups excluding carboxylic acids is 3. The lowest BCUT2D eigenvalue weighted by Crippen LogP contribution is -2.29. The lowest BCUT2D eigenvalue weighted by Gasteiger charge is -2.19. The number of nitrogens with zero attached hydrogens (tertiary/aromatic N) is 3. The van der Waals surface area contributed by atoms with Crippen LogP contribution in [0.1, 0.15) is 28.4 Å². The van der Waals surface area contributed by atoms with Crippen LogP contribution in [0.4, 0.5) is 17.1 Å². The first-order valence-corrected chi connectivity index (χ1v) is 12.5. The van der Waals surface area contributed by atoms with Crippen molar-refractivity contribution in [2.45, 2.75) is 13.5 Å². The van der Waals surface area contributed by atoms with E-state index in [1.54, 1.807) is 60.4 Å². The molecule has 0 unspecified atom stereocenters. The molecule has 2 N–H and O–H groups in total. The number of aromatic nitrogens is 2. The van der Waals surface area contributed by atoms with E-state index in [1.165, 1.54) is 0 Å². The third kappa shape index (κ3) is 5.42. The van der Waals surface area contributed by atoms with Crippen LogP contribution in [-0.4, -0.2) is 41.0 Å². The fraction of sp³-hybridized carbons (Fsp3) is 0.133. The van der Waals surface area contributed by atoms with Gasteiger partial charge in [-0.2, -0.15) is 0 Å². The summed E-state index contributed by atoms with van der Waals surface area (Å²) in [5.41, 5.74) is 4.97. The van der Waals surface area contributed by atoms with Gasteiger partial charge in [0.15, 0.2) is 0 Å². The second kappa shape index (κ2) is 11.1. The van der Waals surface area contributed by atoms with Crippen molar-refractivity contribution in [1.29, 1.82) is 0 Å². The molecule has 0 bridgehead atoms. The predicted molar refractivity (Wildman–Crippen MR) is 150 cm³/mol.